The van der Waals surface area contributed by atoms with Crippen molar-refractivity contribution in [2.75, 3.05) is 5.32 Å². The molecule has 146 valence electrons. The van der Waals surface area contributed by atoms with Crippen LogP contribution in [-0.4, -0.2) is 25.8 Å². The number of hydrogen-bond acceptors (Lipinski definition) is 7. The van der Waals surface area contributed by atoms with Gasteiger partial charge in [-0.1, -0.05) is 16.4 Å². The van der Waals surface area contributed by atoms with Gasteiger partial charge in [-0.15, -0.1) is 0 Å². The molecule has 3 aromatic heterocycles. The normalized spacial score (nSPS) is 10.8. The van der Waals surface area contributed by atoms with E-state index in [2.05, 4.69) is 20.6 Å². The first-order valence-corrected chi connectivity index (χ1v) is 8.52. The number of carbonyl (C=O) groups is 1. The predicted molar refractivity (Wildman–Crippen MR) is 99.3 cm³/mol. The van der Waals surface area contributed by atoms with Gasteiger partial charge in [0.2, 0.25) is 11.7 Å². The van der Waals surface area contributed by atoms with Gasteiger partial charge >= 0.3 is 0 Å². The molecule has 0 aliphatic carbocycles. The molecule has 0 spiro atoms. The van der Waals surface area contributed by atoms with Crippen molar-refractivity contribution in [3.8, 4) is 23.0 Å². The summed E-state index contributed by atoms with van der Waals surface area (Å²) in [5.74, 6) is 0.192. The van der Waals surface area contributed by atoms with E-state index in [0.717, 1.165) is 0 Å². The van der Waals surface area contributed by atoms with Gasteiger partial charge in [-0.25, -0.2) is 4.39 Å². The van der Waals surface area contributed by atoms with Crippen molar-refractivity contribution < 1.29 is 18.2 Å². The minimum Gasteiger partial charge on any atom is -0.360 e. The number of nitrogens with zero attached hydrogens (tertiary/aromatic N) is 4. The van der Waals surface area contributed by atoms with Gasteiger partial charge in [0.1, 0.15) is 23.8 Å². The van der Waals surface area contributed by atoms with Gasteiger partial charge in [0, 0.05) is 17.7 Å². The topological polar surface area (TPSA) is 116 Å². The van der Waals surface area contributed by atoms with Crippen molar-refractivity contribution in [1.82, 2.24) is 19.9 Å². The van der Waals surface area contributed by atoms with Crippen LogP contribution in [0.5, 0.6) is 0 Å². The van der Waals surface area contributed by atoms with Crippen LogP contribution in [0.1, 0.15) is 5.76 Å². The van der Waals surface area contributed by atoms with Crippen molar-refractivity contribution in [2.45, 2.75) is 13.5 Å². The average Bonchev–Trinajstić information content (AvgIpc) is 3.33. The SMILES string of the molecule is Cc1cc(NC(=O)Cn2c(-c3nc(-c4ccc(F)cc4)no3)cccc2=O)no1. The summed E-state index contributed by atoms with van der Waals surface area (Å²) in [6.07, 6.45) is 0. The summed E-state index contributed by atoms with van der Waals surface area (Å²) in [6, 6.07) is 11.5. The van der Waals surface area contributed by atoms with Gasteiger partial charge in [0.25, 0.3) is 11.4 Å². The van der Waals surface area contributed by atoms with Crippen LogP contribution in [0, 0.1) is 12.7 Å². The Balaban J connectivity index is 1.62. The van der Waals surface area contributed by atoms with E-state index in [1.165, 1.54) is 41.0 Å². The fourth-order valence-corrected chi connectivity index (χ4v) is 2.67. The largest absolute Gasteiger partial charge is 0.360 e. The van der Waals surface area contributed by atoms with E-state index >= 15 is 0 Å². The summed E-state index contributed by atoms with van der Waals surface area (Å²) in [5, 5.41) is 10.1. The number of hydrogen-bond donors (Lipinski definition) is 1. The average molecular weight is 395 g/mol. The highest BCUT2D eigenvalue weighted by Crippen LogP contribution is 2.21. The van der Waals surface area contributed by atoms with Gasteiger partial charge in [0.15, 0.2) is 5.82 Å². The van der Waals surface area contributed by atoms with Crippen molar-refractivity contribution in [1.29, 1.82) is 0 Å². The molecule has 29 heavy (non-hydrogen) atoms. The number of nitrogens with one attached hydrogen (secondary N) is 1. The third kappa shape index (κ3) is 3.95. The third-order valence-corrected chi connectivity index (χ3v) is 3.99. The zero-order chi connectivity index (χ0) is 20.4. The summed E-state index contributed by atoms with van der Waals surface area (Å²) in [5.41, 5.74) is 0.394. The molecule has 0 aliphatic rings. The van der Waals surface area contributed by atoms with E-state index in [1.807, 2.05) is 0 Å². The highest BCUT2D eigenvalue weighted by atomic mass is 19.1. The van der Waals surface area contributed by atoms with Crippen LogP contribution in [0.15, 0.2) is 62.4 Å². The van der Waals surface area contributed by atoms with Gasteiger partial charge in [-0.2, -0.15) is 4.98 Å². The zero-order valence-electron chi connectivity index (χ0n) is 15.1. The number of aryl methyl sites for hydroxylation is 1. The molecule has 0 radical (unpaired) electrons. The number of amides is 1. The predicted octanol–water partition coefficient (Wildman–Crippen LogP) is 2.64. The molecule has 4 aromatic rings. The van der Waals surface area contributed by atoms with Crippen LogP contribution in [0.3, 0.4) is 0 Å². The van der Waals surface area contributed by atoms with Crippen molar-refractivity contribution in [2.24, 2.45) is 0 Å². The van der Waals surface area contributed by atoms with Crippen LogP contribution in [0.4, 0.5) is 10.2 Å². The Bertz CT molecular complexity index is 1230. The molecule has 0 aliphatic heterocycles. The molecule has 3 heterocycles. The molecule has 1 N–H and O–H groups in total. The molecule has 0 saturated heterocycles. The fraction of sp³-hybridized carbons (Fsp3) is 0.105. The zero-order valence-corrected chi connectivity index (χ0v) is 15.1. The number of anilines is 1. The molecule has 9 nitrogen and oxygen atoms in total. The van der Waals surface area contributed by atoms with Crippen LogP contribution in [0.2, 0.25) is 0 Å². The summed E-state index contributed by atoms with van der Waals surface area (Å²) in [4.78, 5) is 28.9. The number of benzene rings is 1. The van der Waals surface area contributed by atoms with Crippen molar-refractivity contribution in [3.05, 3.63) is 70.5 Å². The molecular formula is C19H14FN5O4. The third-order valence-electron chi connectivity index (χ3n) is 3.99. The van der Waals surface area contributed by atoms with E-state index in [-0.39, 0.29) is 35.6 Å². The highest BCUT2D eigenvalue weighted by molar-refractivity contribution is 5.89. The maximum Gasteiger partial charge on any atom is 0.274 e. The molecular weight excluding hydrogens is 381 g/mol. The van der Waals surface area contributed by atoms with Crippen molar-refractivity contribution in [3.63, 3.8) is 0 Å². The second-order valence-corrected chi connectivity index (χ2v) is 6.14. The molecule has 4 rings (SSSR count). The Kier molecular flexibility index (Phi) is 4.73. The van der Waals surface area contributed by atoms with E-state index in [1.54, 1.807) is 19.1 Å². The van der Waals surface area contributed by atoms with Crippen LogP contribution in [-0.2, 0) is 11.3 Å². The number of carbonyl (C=O) groups excluding carboxylic acids is 1. The summed E-state index contributed by atoms with van der Waals surface area (Å²) < 4.78 is 24.5. The maximum atomic E-state index is 13.1. The van der Waals surface area contributed by atoms with Gasteiger partial charge in [-0.05, 0) is 37.3 Å². The smallest absolute Gasteiger partial charge is 0.274 e. The number of pyridine rings is 1. The lowest BCUT2D eigenvalue weighted by Crippen LogP contribution is -2.28. The molecule has 0 bridgehead atoms. The number of rotatable bonds is 5. The van der Waals surface area contributed by atoms with E-state index < -0.39 is 11.5 Å². The molecule has 10 heteroatoms. The minimum atomic E-state index is -0.480. The molecule has 1 aromatic carbocycles. The molecule has 0 fully saturated rings. The number of halogens is 1. The first-order chi connectivity index (χ1) is 14.0. The van der Waals surface area contributed by atoms with E-state index in [9.17, 15) is 14.0 Å². The van der Waals surface area contributed by atoms with E-state index in [0.29, 0.717) is 11.3 Å². The standard InChI is InChI=1S/C19H14FN5O4/c1-11-9-15(23-28-11)21-16(26)10-25-14(3-2-4-17(25)27)19-22-18(24-29-19)12-5-7-13(20)8-6-12/h2-9H,10H2,1H3,(H,21,23,26). The van der Waals surface area contributed by atoms with Crippen LogP contribution >= 0.6 is 0 Å². The lowest BCUT2D eigenvalue weighted by atomic mass is 10.2. The molecule has 0 unspecified atom stereocenters. The highest BCUT2D eigenvalue weighted by Gasteiger charge is 2.17. The Labute approximate surface area is 162 Å². The summed E-state index contributed by atoms with van der Waals surface area (Å²) in [6.45, 7) is 1.39. The minimum absolute atomic E-state index is 0.0482. The Morgan fingerprint density at radius 3 is 2.66 bits per heavy atom. The molecule has 1 amide bonds. The first kappa shape index (κ1) is 18.3. The second kappa shape index (κ2) is 7.50. The monoisotopic (exact) mass is 395 g/mol. The van der Waals surface area contributed by atoms with Gasteiger partial charge in [-0.3, -0.25) is 14.2 Å². The number of aromatic nitrogens is 4. The lowest BCUT2D eigenvalue weighted by molar-refractivity contribution is -0.116. The van der Waals surface area contributed by atoms with Gasteiger partial charge in [0.05, 0.1) is 0 Å². The van der Waals surface area contributed by atoms with E-state index in [4.69, 9.17) is 9.05 Å². The quantitative estimate of drug-likeness (QED) is 0.552. The van der Waals surface area contributed by atoms with Crippen molar-refractivity contribution >= 4 is 11.7 Å². The van der Waals surface area contributed by atoms with Crippen LogP contribution in [0.25, 0.3) is 23.0 Å². The van der Waals surface area contributed by atoms with Crippen LogP contribution < -0.4 is 10.9 Å². The summed E-state index contributed by atoms with van der Waals surface area (Å²) in [7, 11) is 0. The molecule has 0 saturated carbocycles. The fourth-order valence-electron chi connectivity index (χ4n) is 2.67. The van der Waals surface area contributed by atoms with Gasteiger partial charge < -0.3 is 14.4 Å². The Hall–Kier alpha value is -4.08. The lowest BCUT2D eigenvalue weighted by Gasteiger charge is -2.09. The maximum absolute atomic E-state index is 13.1. The Morgan fingerprint density at radius 1 is 1.14 bits per heavy atom. The Morgan fingerprint density at radius 2 is 1.93 bits per heavy atom. The summed E-state index contributed by atoms with van der Waals surface area (Å²) >= 11 is 0. The first-order valence-electron chi connectivity index (χ1n) is 8.52. The molecule has 0 atom stereocenters. The second-order valence-electron chi connectivity index (χ2n) is 6.14.